The van der Waals surface area contributed by atoms with Crippen molar-refractivity contribution in [3.05, 3.63) is 0 Å². The van der Waals surface area contributed by atoms with Crippen LogP contribution in [0.5, 0.6) is 0 Å². The van der Waals surface area contributed by atoms with Crippen molar-refractivity contribution in [2.24, 2.45) is 0 Å². The van der Waals surface area contributed by atoms with Crippen molar-refractivity contribution in [3.8, 4) is 0 Å². The highest BCUT2D eigenvalue weighted by Crippen LogP contribution is 2.15. The van der Waals surface area contributed by atoms with Gasteiger partial charge in [0.1, 0.15) is 7.85 Å². The molecule has 1 aliphatic heterocycles. The summed E-state index contributed by atoms with van der Waals surface area (Å²) in [5.74, 6) is 0.116. The Morgan fingerprint density at radius 3 is 2.63 bits per heavy atom. The largest absolute Gasteiger partial charge is 0.378 e. The summed E-state index contributed by atoms with van der Waals surface area (Å²) >= 11 is 0. The van der Waals surface area contributed by atoms with Crippen LogP contribution in [0.25, 0.3) is 0 Å². The number of ketones is 1. The van der Waals surface area contributed by atoms with E-state index in [9.17, 15) is 9.59 Å². The summed E-state index contributed by atoms with van der Waals surface area (Å²) < 4.78 is 5.49. The number of amides is 1. The van der Waals surface area contributed by atoms with E-state index in [1.807, 2.05) is 14.8 Å². The lowest BCUT2D eigenvalue weighted by Gasteiger charge is -2.32. The maximum Gasteiger partial charge on any atom is 0.215 e. The highest BCUT2D eigenvalue weighted by Gasteiger charge is 2.35. The number of hydrogen-bond donors (Lipinski definition) is 1. The molecule has 1 amide bonds. The first kappa shape index (κ1) is 16.2. The summed E-state index contributed by atoms with van der Waals surface area (Å²) in [5, 5.41) is 3.41. The molecule has 1 saturated heterocycles. The Morgan fingerprint density at radius 2 is 2.11 bits per heavy atom. The van der Waals surface area contributed by atoms with Crippen molar-refractivity contribution in [1.82, 2.24) is 10.2 Å². The highest BCUT2D eigenvalue weighted by atomic mass is 16.5. The Labute approximate surface area is 116 Å². The van der Waals surface area contributed by atoms with Crippen LogP contribution in [0.15, 0.2) is 0 Å². The van der Waals surface area contributed by atoms with E-state index in [0.29, 0.717) is 32.0 Å². The molecule has 1 aliphatic rings. The van der Waals surface area contributed by atoms with Gasteiger partial charge in [-0.3, -0.25) is 9.59 Å². The van der Waals surface area contributed by atoms with Gasteiger partial charge in [-0.25, -0.2) is 0 Å². The van der Waals surface area contributed by atoms with E-state index in [-0.39, 0.29) is 30.3 Å². The van der Waals surface area contributed by atoms with Gasteiger partial charge < -0.3 is 15.0 Å². The molecule has 0 radical (unpaired) electrons. The van der Waals surface area contributed by atoms with Gasteiger partial charge in [-0.2, -0.15) is 0 Å². The predicted octanol–water partition coefficient (Wildman–Crippen LogP) is -0.389. The second kappa shape index (κ2) is 7.65. The molecule has 0 aromatic heterocycles. The quantitative estimate of drug-likeness (QED) is 0.639. The summed E-state index contributed by atoms with van der Waals surface area (Å²) in [6, 6.07) is 0.403. The minimum atomic E-state index is -0.0367. The van der Waals surface area contributed by atoms with E-state index in [4.69, 9.17) is 4.74 Å². The van der Waals surface area contributed by atoms with Crippen molar-refractivity contribution in [2.45, 2.75) is 51.6 Å². The van der Waals surface area contributed by atoms with E-state index < -0.39 is 0 Å². The highest BCUT2D eigenvalue weighted by molar-refractivity contribution is 6.19. The minimum absolute atomic E-state index is 0.0212. The Morgan fingerprint density at radius 1 is 1.42 bits per heavy atom. The minimum Gasteiger partial charge on any atom is -0.378 e. The van der Waals surface area contributed by atoms with E-state index in [1.165, 1.54) is 0 Å². The van der Waals surface area contributed by atoms with Gasteiger partial charge in [-0.15, -0.1) is 0 Å². The lowest BCUT2D eigenvalue weighted by molar-refractivity contribution is -0.136. The van der Waals surface area contributed by atoms with Gasteiger partial charge in [0.15, 0.2) is 5.78 Å². The van der Waals surface area contributed by atoms with Crippen LogP contribution in [0.3, 0.4) is 0 Å². The Kier molecular flexibility index (Phi) is 6.52. The van der Waals surface area contributed by atoms with Gasteiger partial charge in [0.05, 0.1) is 31.8 Å². The fourth-order valence-electron chi connectivity index (χ4n) is 2.33. The Balaban J connectivity index is 2.77. The fraction of sp³-hybridized carbons (Fsp3) is 0.846. The van der Waals surface area contributed by atoms with Gasteiger partial charge in [0, 0.05) is 12.5 Å². The summed E-state index contributed by atoms with van der Waals surface area (Å²) in [6.45, 7) is 7.26. The molecule has 1 rings (SSSR count). The second-order valence-corrected chi connectivity index (χ2v) is 5.30. The van der Waals surface area contributed by atoms with Crippen molar-refractivity contribution in [3.63, 3.8) is 0 Å². The smallest absolute Gasteiger partial charge is 0.215 e. The zero-order valence-electron chi connectivity index (χ0n) is 12.4. The van der Waals surface area contributed by atoms with E-state index >= 15 is 0 Å². The fourth-order valence-corrected chi connectivity index (χ4v) is 2.33. The molecule has 2 unspecified atom stereocenters. The molecule has 0 bridgehead atoms. The molecular weight excluding hydrogens is 243 g/mol. The molecule has 0 aliphatic carbocycles. The topological polar surface area (TPSA) is 58.6 Å². The Hall–Kier alpha value is -0.875. The zero-order valence-corrected chi connectivity index (χ0v) is 12.4. The van der Waals surface area contributed by atoms with Gasteiger partial charge >= 0.3 is 0 Å². The molecule has 0 aromatic rings. The average Bonchev–Trinajstić information content (AvgIpc) is 2.81. The molecule has 1 fully saturated rings. The van der Waals surface area contributed by atoms with Crippen LogP contribution in [0, 0.1) is 0 Å². The van der Waals surface area contributed by atoms with Gasteiger partial charge in [0.25, 0.3) is 0 Å². The van der Waals surface area contributed by atoms with Gasteiger partial charge in [0.2, 0.25) is 5.91 Å². The standard InChI is InChI=1S/C13H25BN2O3/c1-4-10(17)6-16(13(18)5-14)12-8-19-7-11(12)15-9(2)3/h9,11-12,15H,4-8,14H2,1-3H3. The lowest BCUT2D eigenvalue weighted by atomic mass is 10.0. The number of Topliss-reactive ketones (excluding diaryl/α,β-unsaturated/α-hetero) is 1. The summed E-state index contributed by atoms with van der Waals surface area (Å²) in [5.41, 5.74) is 0. The molecule has 0 aromatic carbocycles. The average molecular weight is 268 g/mol. The lowest BCUT2D eigenvalue weighted by Crippen LogP contribution is -2.54. The summed E-state index contributed by atoms with van der Waals surface area (Å²) in [4.78, 5) is 25.4. The third-order valence-electron chi connectivity index (χ3n) is 3.36. The van der Waals surface area contributed by atoms with E-state index in [1.54, 1.807) is 4.90 Å². The third kappa shape index (κ3) is 4.62. The van der Waals surface area contributed by atoms with Crippen LogP contribution in [-0.2, 0) is 14.3 Å². The van der Waals surface area contributed by atoms with Gasteiger partial charge in [-0.05, 0) is 6.32 Å². The molecule has 0 spiro atoms. The van der Waals surface area contributed by atoms with Crippen LogP contribution in [-0.4, -0.2) is 62.3 Å². The molecule has 19 heavy (non-hydrogen) atoms. The number of hydrogen-bond acceptors (Lipinski definition) is 4. The molecule has 5 nitrogen and oxygen atoms in total. The normalized spacial score (nSPS) is 22.7. The monoisotopic (exact) mass is 268 g/mol. The summed E-state index contributed by atoms with van der Waals surface area (Å²) in [6.07, 6.45) is 0.880. The number of nitrogens with zero attached hydrogens (tertiary/aromatic N) is 1. The number of nitrogens with one attached hydrogen (secondary N) is 1. The van der Waals surface area contributed by atoms with Crippen molar-refractivity contribution < 1.29 is 14.3 Å². The molecule has 108 valence electrons. The number of carbonyl (C=O) groups excluding carboxylic acids is 2. The maximum atomic E-state index is 12.1. The molecule has 1 heterocycles. The van der Waals surface area contributed by atoms with Crippen molar-refractivity contribution in [2.75, 3.05) is 19.8 Å². The molecule has 0 saturated carbocycles. The molecule has 2 atom stereocenters. The second-order valence-electron chi connectivity index (χ2n) is 5.30. The summed E-state index contributed by atoms with van der Waals surface area (Å²) in [7, 11) is 1.83. The van der Waals surface area contributed by atoms with Crippen LogP contribution in [0.1, 0.15) is 27.2 Å². The van der Waals surface area contributed by atoms with Crippen LogP contribution >= 0.6 is 0 Å². The van der Waals surface area contributed by atoms with Crippen molar-refractivity contribution in [1.29, 1.82) is 0 Å². The SMILES string of the molecule is BCC(=O)N(CC(=O)CC)C1COCC1NC(C)C. The Bertz CT molecular complexity index is 323. The molecule has 6 heteroatoms. The van der Waals surface area contributed by atoms with Gasteiger partial charge in [-0.1, -0.05) is 20.8 Å². The van der Waals surface area contributed by atoms with Crippen LogP contribution in [0.2, 0.25) is 6.32 Å². The molecular formula is C13H25BN2O3. The van der Waals surface area contributed by atoms with Crippen molar-refractivity contribution >= 4 is 19.5 Å². The number of ether oxygens (including phenoxy) is 1. The predicted molar refractivity (Wildman–Crippen MR) is 77.0 cm³/mol. The maximum absolute atomic E-state index is 12.1. The third-order valence-corrected chi connectivity index (χ3v) is 3.36. The molecule has 1 N–H and O–H groups in total. The van der Waals surface area contributed by atoms with Crippen LogP contribution < -0.4 is 5.32 Å². The zero-order chi connectivity index (χ0) is 14.4. The first-order valence-electron chi connectivity index (χ1n) is 7.14. The first-order valence-corrected chi connectivity index (χ1v) is 7.14. The van der Waals surface area contributed by atoms with Crippen LogP contribution in [0.4, 0.5) is 0 Å². The van der Waals surface area contributed by atoms with E-state index in [2.05, 4.69) is 19.2 Å². The number of rotatable bonds is 7. The first-order chi connectivity index (χ1) is 8.99. The number of carbonyl (C=O) groups is 2. The van der Waals surface area contributed by atoms with E-state index in [0.717, 1.165) is 0 Å².